The van der Waals surface area contributed by atoms with Crippen LogP contribution in [0.25, 0.3) is 0 Å². The standard InChI is InChI=1S/C15H23BrN2O/c1-19-15-3-2-12(10-14(15)16)4-9-18-11-13-5-7-17-8-6-13/h2-3,10,13,17-18H,4-9,11H2,1H3. The molecular formula is C15H23BrN2O. The van der Waals surface area contributed by atoms with E-state index in [-0.39, 0.29) is 0 Å². The van der Waals surface area contributed by atoms with Crippen LogP contribution in [-0.4, -0.2) is 33.3 Å². The highest BCUT2D eigenvalue weighted by molar-refractivity contribution is 9.10. The van der Waals surface area contributed by atoms with Gasteiger partial charge in [-0.25, -0.2) is 0 Å². The van der Waals surface area contributed by atoms with Crippen molar-refractivity contribution < 1.29 is 4.74 Å². The van der Waals surface area contributed by atoms with Gasteiger partial charge in [-0.3, -0.25) is 0 Å². The normalized spacial score (nSPS) is 16.5. The first-order chi connectivity index (χ1) is 9.29. The second-order valence-electron chi connectivity index (χ2n) is 5.12. The minimum atomic E-state index is 0.851. The van der Waals surface area contributed by atoms with E-state index in [1.807, 2.05) is 6.07 Å². The van der Waals surface area contributed by atoms with Crippen LogP contribution >= 0.6 is 15.9 Å². The van der Waals surface area contributed by atoms with Crippen molar-refractivity contribution in [2.75, 3.05) is 33.3 Å². The maximum absolute atomic E-state index is 5.24. The second-order valence-corrected chi connectivity index (χ2v) is 5.97. The molecule has 4 heteroatoms. The zero-order valence-electron chi connectivity index (χ0n) is 11.5. The Balaban J connectivity index is 1.69. The van der Waals surface area contributed by atoms with E-state index in [2.05, 4.69) is 38.7 Å². The van der Waals surface area contributed by atoms with E-state index in [0.717, 1.165) is 35.7 Å². The highest BCUT2D eigenvalue weighted by atomic mass is 79.9. The van der Waals surface area contributed by atoms with Gasteiger partial charge in [-0.15, -0.1) is 0 Å². The predicted molar refractivity (Wildman–Crippen MR) is 82.9 cm³/mol. The van der Waals surface area contributed by atoms with Crippen molar-refractivity contribution in [2.45, 2.75) is 19.3 Å². The summed E-state index contributed by atoms with van der Waals surface area (Å²) < 4.78 is 6.27. The minimum Gasteiger partial charge on any atom is -0.496 e. The lowest BCUT2D eigenvalue weighted by molar-refractivity contribution is 0.358. The Hall–Kier alpha value is -0.580. The van der Waals surface area contributed by atoms with Gasteiger partial charge in [0.15, 0.2) is 0 Å². The van der Waals surface area contributed by atoms with E-state index in [1.165, 1.54) is 31.5 Å². The first-order valence-corrected chi connectivity index (χ1v) is 7.82. The lowest BCUT2D eigenvalue weighted by Crippen LogP contribution is -2.34. The van der Waals surface area contributed by atoms with Crippen LogP contribution in [-0.2, 0) is 6.42 Å². The number of piperidine rings is 1. The fourth-order valence-corrected chi connectivity index (χ4v) is 3.08. The molecule has 0 unspecified atom stereocenters. The van der Waals surface area contributed by atoms with Gasteiger partial charge in [0.2, 0.25) is 0 Å². The summed E-state index contributed by atoms with van der Waals surface area (Å²) in [6.07, 6.45) is 3.68. The molecule has 0 amide bonds. The average Bonchev–Trinajstić information content (AvgIpc) is 2.45. The molecule has 1 heterocycles. The van der Waals surface area contributed by atoms with Crippen molar-refractivity contribution in [2.24, 2.45) is 5.92 Å². The van der Waals surface area contributed by atoms with Gasteiger partial charge in [0.25, 0.3) is 0 Å². The lowest BCUT2D eigenvalue weighted by atomic mass is 9.98. The van der Waals surface area contributed by atoms with Crippen molar-refractivity contribution in [3.8, 4) is 5.75 Å². The molecule has 0 aromatic heterocycles. The number of benzene rings is 1. The molecule has 1 aromatic rings. The van der Waals surface area contributed by atoms with Crippen LogP contribution in [0.4, 0.5) is 0 Å². The number of hydrogen-bond donors (Lipinski definition) is 2. The molecule has 0 radical (unpaired) electrons. The number of ether oxygens (including phenoxy) is 1. The molecule has 0 atom stereocenters. The van der Waals surface area contributed by atoms with Crippen molar-refractivity contribution >= 4 is 15.9 Å². The summed E-state index contributed by atoms with van der Waals surface area (Å²) in [4.78, 5) is 0. The zero-order valence-corrected chi connectivity index (χ0v) is 13.1. The molecule has 0 aliphatic carbocycles. The third kappa shape index (κ3) is 4.79. The van der Waals surface area contributed by atoms with E-state index in [4.69, 9.17) is 4.74 Å². The van der Waals surface area contributed by atoms with E-state index >= 15 is 0 Å². The molecule has 2 N–H and O–H groups in total. The molecule has 2 rings (SSSR count). The number of hydrogen-bond acceptors (Lipinski definition) is 3. The molecule has 3 nitrogen and oxygen atoms in total. The Labute approximate surface area is 124 Å². The quantitative estimate of drug-likeness (QED) is 0.788. The summed E-state index contributed by atoms with van der Waals surface area (Å²) >= 11 is 3.53. The third-order valence-corrected chi connectivity index (χ3v) is 4.32. The Morgan fingerprint density at radius 1 is 1.37 bits per heavy atom. The molecule has 1 saturated heterocycles. The third-order valence-electron chi connectivity index (χ3n) is 3.70. The van der Waals surface area contributed by atoms with Gasteiger partial charge in [-0.2, -0.15) is 0 Å². The Morgan fingerprint density at radius 2 is 2.16 bits per heavy atom. The summed E-state index contributed by atoms with van der Waals surface area (Å²) in [6.45, 7) is 4.55. The number of methoxy groups -OCH3 is 1. The average molecular weight is 327 g/mol. The molecule has 1 aliphatic rings. The number of halogens is 1. The number of rotatable bonds is 6. The molecule has 0 saturated carbocycles. The van der Waals surface area contributed by atoms with Gasteiger partial charge in [-0.05, 0) is 85.0 Å². The number of nitrogens with one attached hydrogen (secondary N) is 2. The van der Waals surface area contributed by atoms with Gasteiger partial charge in [0.1, 0.15) is 5.75 Å². The lowest BCUT2D eigenvalue weighted by Gasteiger charge is -2.22. The largest absolute Gasteiger partial charge is 0.496 e. The van der Waals surface area contributed by atoms with Crippen molar-refractivity contribution in [1.82, 2.24) is 10.6 Å². The summed E-state index contributed by atoms with van der Waals surface area (Å²) in [5.74, 6) is 1.75. The maximum Gasteiger partial charge on any atom is 0.133 e. The Morgan fingerprint density at radius 3 is 2.84 bits per heavy atom. The molecule has 0 spiro atoms. The second kappa shape index (κ2) is 7.88. The van der Waals surface area contributed by atoms with Crippen LogP contribution in [0.15, 0.2) is 22.7 Å². The SMILES string of the molecule is COc1ccc(CCNCC2CCNCC2)cc1Br. The first-order valence-electron chi connectivity index (χ1n) is 7.03. The highest BCUT2D eigenvalue weighted by Gasteiger charge is 2.11. The van der Waals surface area contributed by atoms with Gasteiger partial charge >= 0.3 is 0 Å². The molecular weight excluding hydrogens is 304 g/mol. The van der Waals surface area contributed by atoms with Crippen molar-refractivity contribution in [1.29, 1.82) is 0 Å². The fraction of sp³-hybridized carbons (Fsp3) is 0.600. The van der Waals surface area contributed by atoms with Crippen molar-refractivity contribution in [3.05, 3.63) is 28.2 Å². The molecule has 0 bridgehead atoms. The van der Waals surface area contributed by atoms with Crippen LogP contribution in [0.3, 0.4) is 0 Å². The van der Waals surface area contributed by atoms with E-state index in [1.54, 1.807) is 7.11 Å². The molecule has 1 aromatic carbocycles. The van der Waals surface area contributed by atoms with Gasteiger partial charge in [0.05, 0.1) is 11.6 Å². The van der Waals surface area contributed by atoms with Gasteiger partial charge < -0.3 is 15.4 Å². The fourth-order valence-electron chi connectivity index (χ4n) is 2.49. The van der Waals surface area contributed by atoms with Crippen molar-refractivity contribution in [3.63, 3.8) is 0 Å². The Kier molecular flexibility index (Phi) is 6.14. The van der Waals surface area contributed by atoms with Crippen LogP contribution in [0.1, 0.15) is 18.4 Å². The van der Waals surface area contributed by atoms with Crippen LogP contribution < -0.4 is 15.4 Å². The van der Waals surface area contributed by atoms with Gasteiger partial charge in [0, 0.05) is 0 Å². The molecule has 106 valence electrons. The summed E-state index contributed by atoms with van der Waals surface area (Å²) in [5, 5.41) is 6.98. The highest BCUT2D eigenvalue weighted by Crippen LogP contribution is 2.25. The first kappa shape index (κ1) is 14.8. The monoisotopic (exact) mass is 326 g/mol. The topological polar surface area (TPSA) is 33.3 Å². The minimum absolute atomic E-state index is 0.851. The van der Waals surface area contributed by atoms with E-state index in [9.17, 15) is 0 Å². The molecule has 1 fully saturated rings. The summed E-state index contributed by atoms with van der Waals surface area (Å²) in [7, 11) is 1.69. The van der Waals surface area contributed by atoms with Gasteiger partial charge in [-0.1, -0.05) is 6.07 Å². The summed E-state index contributed by atoms with van der Waals surface area (Å²) in [6, 6.07) is 6.30. The van der Waals surface area contributed by atoms with Crippen LogP contribution in [0.5, 0.6) is 5.75 Å². The van der Waals surface area contributed by atoms with Crippen LogP contribution in [0, 0.1) is 5.92 Å². The summed E-state index contributed by atoms with van der Waals surface area (Å²) in [5.41, 5.74) is 1.34. The van der Waals surface area contributed by atoms with Crippen LogP contribution in [0.2, 0.25) is 0 Å². The Bertz CT molecular complexity index is 392. The predicted octanol–water partition coefficient (Wildman–Crippen LogP) is 2.59. The molecule has 1 aliphatic heterocycles. The maximum atomic E-state index is 5.24. The zero-order chi connectivity index (χ0) is 13.5. The van der Waals surface area contributed by atoms with E-state index < -0.39 is 0 Å². The smallest absolute Gasteiger partial charge is 0.133 e. The molecule has 19 heavy (non-hydrogen) atoms. The van der Waals surface area contributed by atoms with E-state index in [0.29, 0.717) is 0 Å².